The van der Waals surface area contributed by atoms with Crippen molar-refractivity contribution < 1.29 is 32.7 Å². The van der Waals surface area contributed by atoms with Crippen molar-refractivity contribution >= 4 is 17.5 Å². The Morgan fingerprint density at radius 1 is 1.20 bits per heavy atom. The third-order valence-electron chi connectivity index (χ3n) is 8.14. The van der Waals surface area contributed by atoms with E-state index in [4.69, 9.17) is 4.74 Å². The molecule has 0 aliphatic carbocycles. The van der Waals surface area contributed by atoms with E-state index in [1.165, 1.54) is 25.1 Å². The fourth-order valence-electron chi connectivity index (χ4n) is 5.80. The molecule has 2 unspecified atom stereocenters. The van der Waals surface area contributed by atoms with Gasteiger partial charge >= 0.3 is 12.3 Å². The Labute approximate surface area is 237 Å². The van der Waals surface area contributed by atoms with E-state index in [1.54, 1.807) is 9.80 Å². The van der Waals surface area contributed by atoms with Crippen LogP contribution >= 0.6 is 0 Å². The van der Waals surface area contributed by atoms with Gasteiger partial charge in [0, 0.05) is 56.6 Å². The minimum atomic E-state index is -5.00. The summed E-state index contributed by atoms with van der Waals surface area (Å²) in [6.07, 6.45) is -4.74. The maximum absolute atomic E-state index is 14.9. The second-order valence-corrected chi connectivity index (χ2v) is 11.7. The lowest BCUT2D eigenvalue weighted by Crippen LogP contribution is -2.67. The highest BCUT2D eigenvalue weighted by atomic mass is 19.4. The Balaban J connectivity index is 1.58. The number of nitrogens with zero attached hydrogens (tertiary/aromatic N) is 3. The number of amides is 1. The van der Waals surface area contributed by atoms with Crippen molar-refractivity contribution in [1.29, 1.82) is 0 Å². The van der Waals surface area contributed by atoms with E-state index < -0.39 is 34.8 Å². The number of aliphatic hydroxyl groups is 1. The lowest BCUT2D eigenvalue weighted by molar-refractivity contribution is -0.384. The molecule has 2 aromatic rings. The zero-order chi connectivity index (χ0) is 30.0. The Bertz CT molecular complexity index is 1240. The Kier molecular flexibility index (Phi) is 8.84. The monoisotopic (exact) mass is 578 g/mol. The topological polar surface area (TPSA) is 108 Å². The molecule has 2 heterocycles. The Morgan fingerprint density at radius 3 is 2.44 bits per heavy atom. The molecule has 1 fully saturated rings. The predicted molar refractivity (Wildman–Crippen MR) is 148 cm³/mol. The van der Waals surface area contributed by atoms with Crippen LogP contribution in [0.5, 0.6) is 0 Å². The van der Waals surface area contributed by atoms with E-state index >= 15 is 0 Å². The first-order chi connectivity index (χ1) is 19.2. The van der Waals surface area contributed by atoms with Crippen LogP contribution < -0.4 is 10.2 Å². The van der Waals surface area contributed by atoms with Gasteiger partial charge in [-0.25, -0.2) is 4.79 Å². The number of alkyl carbamates (subject to hydrolysis) is 1. The van der Waals surface area contributed by atoms with Crippen LogP contribution in [0.15, 0.2) is 48.5 Å². The zero-order valence-corrected chi connectivity index (χ0v) is 23.5. The number of alkyl halides is 3. The van der Waals surface area contributed by atoms with Crippen molar-refractivity contribution in [2.45, 2.75) is 63.4 Å². The number of rotatable bonds is 9. The standard InChI is InChI=1S/C29H37F3N4O5/c1-20(2)17-41-26(37)33-22-11-13-34(14-12-22)19-28(38,29(30,31)32)27(3)18-35(16-21-7-5-4-6-8-21)25-15-23(36(39)40)9-10-24(25)27/h4-10,15,20,22,38H,11-14,16-19H2,1-3H3,(H,33,37). The van der Waals surface area contributed by atoms with Gasteiger partial charge < -0.3 is 20.1 Å². The molecule has 2 N–H and O–H groups in total. The average Bonchev–Trinajstić information content (AvgIpc) is 3.20. The van der Waals surface area contributed by atoms with Gasteiger partial charge in [0.15, 0.2) is 5.60 Å². The van der Waals surface area contributed by atoms with Crippen LogP contribution in [0.4, 0.5) is 29.3 Å². The maximum Gasteiger partial charge on any atom is 0.419 e. The molecule has 0 bridgehead atoms. The van der Waals surface area contributed by atoms with Crippen molar-refractivity contribution in [1.82, 2.24) is 10.2 Å². The summed E-state index contributed by atoms with van der Waals surface area (Å²) in [5.74, 6) is 0.180. The Hall–Kier alpha value is -3.38. The molecule has 0 aromatic heterocycles. The van der Waals surface area contributed by atoms with Crippen molar-refractivity contribution in [2.24, 2.45) is 5.92 Å². The molecule has 0 radical (unpaired) electrons. The van der Waals surface area contributed by atoms with Gasteiger partial charge in [0.25, 0.3) is 5.69 Å². The number of halogens is 3. The van der Waals surface area contributed by atoms with Crippen LogP contribution in [-0.4, -0.2) is 71.6 Å². The van der Waals surface area contributed by atoms with Gasteiger partial charge in [-0.15, -0.1) is 0 Å². The minimum absolute atomic E-state index is 0.180. The number of likely N-dealkylation sites (tertiary alicyclic amines) is 1. The zero-order valence-electron chi connectivity index (χ0n) is 23.5. The molecule has 224 valence electrons. The van der Waals surface area contributed by atoms with Crippen LogP contribution in [0, 0.1) is 16.0 Å². The number of hydrogen-bond acceptors (Lipinski definition) is 7. The molecule has 1 amide bonds. The largest absolute Gasteiger partial charge is 0.449 e. The number of non-ortho nitro benzene ring substituents is 1. The van der Waals surface area contributed by atoms with Crippen LogP contribution in [0.3, 0.4) is 0 Å². The summed E-state index contributed by atoms with van der Waals surface area (Å²) in [5, 5.41) is 26.0. The van der Waals surface area contributed by atoms with Gasteiger partial charge in [-0.1, -0.05) is 51.1 Å². The summed E-state index contributed by atoms with van der Waals surface area (Å²) in [5.41, 5.74) is -3.87. The summed E-state index contributed by atoms with van der Waals surface area (Å²) >= 11 is 0. The molecule has 2 aliphatic heterocycles. The average molecular weight is 579 g/mol. The second kappa shape index (κ2) is 11.8. The number of fused-ring (bicyclic) bond motifs is 1. The summed E-state index contributed by atoms with van der Waals surface area (Å²) in [7, 11) is 0. The molecule has 0 saturated carbocycles. The number of ether oxygens (including phenoxy) is 1. The molecule has 4 rings (SSSR count). The van der Waals surface area contributed by atoms with Gasteiger partial charge in [0.05, 0.1) is 16.9 Å². The fraction of sp³-hybridized carbons (Fsp3) is 0.552. The molecular weight excluding hydrogens is 541 g/mol. The fourth-order valence-corrected chi connectivity index (χ4v) is 5.80. The summed E-state index contributed by atoms with van der Waals surface area (Å²) in [6.45, 7) is 5.33. The van der Waals surface area contributed by atoms with Gasteiger partial charge in [0.2, 0.25) is 0 Å². The van der Waals surface area contributed by atoms with E-state index in [9.17, 15) is 33.2 Å². The SMILES string of the molecule is CC(C)COC(=O)NC1CCN(CC(O)(C(F)(F)F)C2(C)CN(Cc3ccccc3)c3cc([N+](=O)[O-])ccc32)CC1. The van der Waals surface area contributed by atoms with E-state index in [1.807, 2.05) is 44.2 Å². The first kappa shape index (κ1) is 30.6. The van der Waals surface area contributed by atoms with Gasteiger partial charge in [-0.3, -0.25) is 15.0 Å². The number of carbonyl (C=O) groups excluding carboxylic acids is 1. The second-order valence-electron chi connectivity index (χ2n) is 11.7. The molecule has 12 heteroatoms. The van der Waals surface area contributed by atoms with Crippen molar-refractivity contribution in [2.75, 3.05) is 37.7 Å². The van der Waals surface area contributed by atoms with Crippen molar-refractivity contribution in [3.8, 4) is 0 Å². The third-order valence-corrected chi connectivity index (χ3v) is 8.14. The van der Waals surface area contributed by atoms with Gasteiger partial charge in [-0.05, 0) is 36.0 Å². The lowest BCUT2D eigenvalue weighted by atomic mass is 9.68. The molecular formula is C29H37F3N4O5. The molecule has 2 aliphatic rings. The Morgan fingerprint density at radius 2 is 1.85 bits per heavy atom. The van der Waals surface area contributed by atoms with E-state index in [-0.39, 0.29) is 56.0 Å². The smallest absolute Gasteiger partial charge is 0.419 e. The molecule has 1 saturated heterocycles. The lowest BCUT2D eigenvalue weighted by Gasteiger charge is -2.47. The quantitative estimate of drug-likeness (QED) is 0.318. The highest BCUT2D eigenvalue weighted by Crippen LogP contribution is 2.54. The highest BCUT2D eigenvalue weighted by molar-refractivity contribution is 5.68. The number of nitro groups is 1. The highest BCUT2D eigenvalue weighted by Gasteiger charge is 2.67. The number of nitrogens with one attached hydrogen (secondary N) is 1. The summed E-state index contributed by atoms with van der Waals surface area (Å²) in [6, 6.07) is 12.7. The number of hydrogen-bond donors (Lipinski definition) is 2. The molecule has 2 atom stereocenters. The maximum atomic E-state index is 14.9. The predicted octanol–water partition coefficient (Wildman–Crippen LogP) is 5.01. The van der Waals surface area contributed by atoms with Crippen molar-refractivity contribution in [3.63, 3.8) is 0 Å². The van der Waals surface area contributed by atoms with E-state index in [0.717, 1.165) is 5.56 Å². The van der Waals surface area contributed by atoms with Crippen LogP contribution in [0.25, 0.3) is 0 Å². The molecule has 9 nitrogen and oxygen atoms in total. The van der Waals surface area contributed by atoms with Crippen molar-refractivity contribution in [3.05, 3.63) is 69.8 Å². The first-order valence-corrected chi connectivity index (χ1v) is 13.8. The summed E-state index contributed by atoms with van der Waals surface area (Å²) in [4.78, 5) is 26.2. The van der Waals surface area contributed by atoms with Crippen LogP contribution in [-0.2, 0) is 16.7 Å². The minimum Gasteiger partial charge on any atom is -0.449 e. The van der Waals surface area contributed by atoms with Gasteiger partial charge in [-0.2, -0.15) is 13.2 Å². The normalized spacial score (nSPS) is 21.4. The van der Waals surface area contributed by atoms with E-state index in [2.05, 4.69) is 5.32 Å². The number of anilines is 1. The number of benzene rings is 2. The molecule has 2 aromatic carbocycles. The summed E-state index contributed by atoms with van der Waals surface area (Å²) < 4.78 is 49.9. The number of carbonyl (C=O) groups is 1. The van der Waals surface area contributed by atoms with Crippen LogP contribution in [0.1, 0.15) is 44.7 Å². The molecule has 41 heavy (non-hydrogen) atoms. The first-order valence-electron chi connectivity index (χ1n) is 13.8. The molecule has 0 spiro atoms. The van der Waals surface area contributed by atoms with E-state index in [0.29, 0.717) is 18.5 Å². The third kappa shape index (κ3) is 6.43. The number of β-amino-alcohol motifs (C(OH)–C–C–N with tert-alkyl or cyclic N) is 1. The van der Waals surface area contributed by atoms with Crippen LogP contribution in [0.2, 0.25) is 0 Å². The van der Waals surface area contributed by atoms with Gasteiger partial charge in [0.1, 0.15) is 0 Å². The number of piperidine rings is 1. The number of nitro benzene ring substituents is 1.